The molecule has 0 aromatic carbocycles. The van der Waals surface area contributed by atoms with Crippen molar-refractivity contribution in [3.05, 3.63) is 32.6 Å². The third-order valence-corrected chi connectivity index (χ3v) is 2.48. The van der Waals surface area contributed by atoms with E-state index in [1.807, 2.05) is 20.8 Å². The minimum Gasteiger partial charge on any atom is -0.300 e. The highest BCUT2D eigenvalue weighted by atomic mass is 16.2. The van der Waals surface area contributed by atoms with Gasteiger partial charge in [0.15, 0.2) is 0 Å². The Labute approximate surface area is 99.5 Å². The summed E-state index contributed by atoms with van der Waals surface area (Å²) in [4.78, 5) is 36.3. The van der Waals surface area contributed by atoms with Crippen LogP contribution in [0.4, 0.5) is 0 Å². The van der Waals surface area contributed by atoms with Crippen LogP contribution < -0.4 is 11.2 Å². The number of aromatic amines is 1. The molecule has 0 saturated carbocycles. The van der Waals surface area contributed by atoms with Crippen LogP contribution in [0.3, 0.4) is 0 Å². The highest BCUT2D eigenvalue weighted by Gasteiger charge is 2.16. The van der Waals surface area contributed by atoms with Crippen molar-refractivity contribution >= 4 is 5.78 Å². The van der Waals surface area contributed by atoms with Crippen LogP contribution in [0.5, 0.6) is 0 Å². The summed E-state index contributed by atoms with van der Waals surface area (Å²) >= 11 is 0. The van der Waals surface area contributed by atoms with Gasteiger partial charge in [-0.25, -0.2) is 4.79 Å². The predicted octanol–water partition coefficient (Wildman–Crippen LogP) is 0.813. The van der Waals surface area contributed by atoms with Gasteiger partial charge in [-0.3, -0.25) is 14.3 Å². The first-order valence-electron chi connectivity index (χ1n) is 5.56. The Kier molecular flexibility index (Phi) is 3.70. The Bertz CT molecular complexity index is 532. The van der Waals surface area contributed by atoms with E-state index >= 15 is 0 Å². The van der Waals surface area contributed by atoms with Crippen LogP contribution in [0.1, 0.15) is 39.7 Å². The van der Waals surface area contributed by atoms with Crippen molar-refractivity contribution in [1.82, 2.24) is 9.55 Å². The fourth-order valence-electron chi connectivity index (χ4n) is 1.50. The van der Waals surface area contributed by atoms with Gasteiger partial charge in [-0.1, -0.05) is 0 Å². The van der Waals surface area contributed by atoms with Crippen LogP contribution in [-0.4, -0.2) is 15.3 Å². The number of Topliss-reactive ketones (excluding diaryl/α,β-unsaturated/α-hetero) is 1. The normalized spacial score (nSPS) is 11.5. The Morgan fingerprint density at radius 2 is 1.94 bits per heavy atom. The number of nitrogens with zero attached hydrogens (tertiary/aromatic N) is 1. The monoisotopic (exact) mass is 238 g/mol. The van der Waals surface area contributed by atoms with Crippen molar-refractivity contribution in [1.29, 1.82) is 0 Å². The molecule has 1 rings (SSSR count). The van der Waals surface area contributed by atoms with Gasteiger partial charge < -0.3 is 4.79 Å². The number of ketones is 1. The van der Waals surface area contributed by atoms with Crippen molar-refractivity contribution in [2.45, 2.75) is 46.1 Å². The first-order chi connectivity index (χ1) is 7.71. The van der Waals surface area contributed by atoms with Crippen molar-refractivity contribution < 1.29 is 4.79 Å². The number of nitrogens with one attached hydrogen (secondary N) is 1. The van der Waals surface area contributed by atoms with Crippen LogP contribution in [-0.2, 0) is 16.8 Å². The number of hydrogen-bond acceptors (Lipinski definition) is 3. The second kappa shape index (κ2) is 4.69. The molecule has 94 valence electrons. The Hall–Kier alpha value is -1.65. The summed E-state index contributed by atoms with van der Waals surface area (Å²) in [5, 5.41) is 0. The molecule has 0 aliphatic rings. The molecule has 0 atom stereocenters. The minimum absolute atomic E-state index is 0.0258. The molecule has 1 aromatic rings. The Morgan fingerprint density at radius 3 is 2.41 bits per heavy atom. The lowest BCUT2D eigenvalue weighted by Crippen LogP contribution is -2.39. The zero-order valence-electron chi connectivity index (χ0n) is 10.7. The molecule has 0 aliphatic heterocycles. The van der Waals surface area contributed by atoms with Crippen molar-refractivity contribution in [3.8, 4) is 0 Å². The van der Waals surface area contributed by atoms with Gasteiger partial charge in [-0.15, -0.1) is 0 Å². The molecule has 5 heteroatoms. The van der Waals surface area contributed by atoms with Crippen LogP contribution in [0.2, 0.25) is 0 Å². The van der Waals surface area contributed by atoms with Gasteiger partial charge in [0.05, 0.1) is 0 Å². The van der Waals surface area contributed by atoms with E-state index in [1.54, 1.807) is 6.20 Å². The van der Waals surface area contributed by atoms with E-state index in [0.29, 0.717) is 18.4 Å². The molecule has 1 heterocycles. The molecule has 0 amide bonds. The number of aromatic nitrogens is 2. The van der Waals surface area contributed by atoms with Crippen molar-refractivity contribution in [2.75, 3.05) is 0 Å². The van der Waals surface area contributed by atoms with Crippen LogP contribution in [0.15, 0.2) is 15.8 Å². The van der Waals surface area contributed by atoms with Crippen LogP contribution in [0, 0.1) is 0 Å². The second-order valence-electron chi connectivity index (χ2n) is 5.16. The maximum absolute atomic E-state index is 11.6. The molecule has 0 aliphatic carbocycles. The average Bonchev–Trinajstić information content (AvgIpc) is 2.13. The summed E-state index contributed by atoms with van der Waals surface area (Å²) in [5.74, 6) is 0.0258. The largest absolute Gasteiger partial charge is 0.328 e. The lowest BCUT2D eigenvalue weighted by Gasteiger charge is -2.22. The fraction of sp³-hybridized carbons (Fsp3) is 0.583. The van der Waals surface area contributed by atoms with E-state index in [2.05, 4.69) is 4.98 Å². The number of aryl methyl sites for hydroxylation is 1. The van der Waals surface area contributed by atoms with Gasteiger partial charge in [-0.05, 0) is 34.1 Å². The smallest absolute Gasteiger partial charge is 0.300 e. The highest BCUT2D eigenvalue weighted by molar-refractivity contribution is 5.75. The molecule has 0 unspecified atom stereocenters. The number of carbonyl (C=O) groups excluding carboxylic acids is 1. The molecular formula is C12H18N2O3. The van der Waals surface area contributed by atoms with Gasteiger partial charge in [0.2, 0.25) is 0 Å². The number of carbonyl (C=O) groups is 1. The summed E-state index contributed by atoms with van der Waals surface area (Å²) in [5.41, 5.74) is -0.757. The molecular weight excluding hydrogens is 220 g/mol. The third-order valence-electron chi connectivity index (χ3n) is 2.48. The van der Waals surface area contributed by atoms with E-state index in [0.717, 1.165) is 0 Å². The molecule has 5 nitrogen and oxygen atoms in total. The molecule has 0 bridgehead atoms. The minimum atomic E-state index is -0.422. The SMILES string of the molecule is CC(=O)CCc1cn(C(C)(C)C)c(=O)[nH]c1=O. The Balaban J connectivity index is 3.20. The lowest BCUT2D eigenvalue weighted by molar-refractivity contribution is -0.116. The topological polar surface area (TPSA) is 71.9 Å². The number of H-pyrrole nitrogens is 1. The summed E-state index contributed by atoms with van der Waals surface area (Å²) in [6, 6.07) is 0. The zero-order valence-corrected chi connectivity index (χ0v) is 10.7. The molecule has 0 spiro atoms. The molecule has 17 heavy (non-hydrogen) atoms. The van der Waals surface area contributed by atoms with Gasteiger partial charge in [-0.2, -0.15) is 0 Å². The van der Waals surface area contributed by atoms with Crippen molar-refractivity contribution in [3.63, 3.8) is 0 Å². The first-order valence-corrected chi connectivity index (χ1v) is 5.56. The standard InChI is InChI=1S/C12H18N2O3/c1-8(15)5-6-9-7-14(12(2,3)4)11(17)13-10(9)16/h7H,5-6H2,1-4H3,(H,13,16,17). The van der Waals surface area contributed by atoms with E-state index in [9.17, 15) is 14.4 Å². The number of hydrogen-bond donors (Lipinski definition) is 1. The zero-order chi connectivity index (χ0) is 13.2. The van der Waals surface area contributed by atoms with E-state index in [4.69, 9.17) is 0 Å². The predicted molar refractivity (Wildman–Crippen MR) is 65.3 cm³/mol. The van der Waals surface area contributed by atoms with Gasteiger partial charge in [0.1, 0.15) is 5.78 Å². The summed E-state index contributed by atoms with van der Waals surface area (Å²) < 4.78 is 1.48. The quantitative estimate of drug-likeness (QED) is 0.847. The van der Waals surface area contributed by atoms with Gasteiger partial charge >= 0.3 is 5.69 Å². The summed E-state index contributed by atoms with van der Waals surface area (Å²) in [6.45, 7) is 7.11. The van der Waals surface area contributed by atoms with Gasteiger partial charge in [0, 0.05) is 23.7 Å². The molecule has 0 radical (unpaired) electrons. The van der Waals surface area contributed by atoms with Crippen LogP contribution in [0.25, 0.3) is 0 Å². The lowest BCUT2D eigenvalue weighted by atomic mass is 10.1. The molecule has 0 saturated heterocycles. The molecule has 0 fully saturated rings. The third kappa shape index (κ3) is 3.41. The average molecular weight is 238 g/mol. The first kappa shape index (κ1) is 13.4. The van der Waals surface area contributed by atoms with Gasteiger partial charge in [0.25, 0.3) is 5.56 Å². The molecule has 1 aromatic heterocycles. The van der Waals surface area contributed by atoms with E-state index in [1.165, 1.54) is 11.5 Å². The summed E-state index contributed by atoms with van der Waals surface area (Å²) in [6.07, 6.45) is 2.22. The maximum atomic E-state index is 11.6. The maximum Gasteiger partial charge on any atom is 0.328 e. The van der Waals surface area contributed by atoms with Crippen LogP contribution >= 0.6 is 0 Å². The van der Waals surface area contributed by atoms with E-state index < -0.39 is 16.8 Å². The molecule has 1 N–H and O–H groups in total. The summed E-state index contributed by atoms with van der Waals surface area (Å²) in [7, 11) is 0. The van der Waals surface area contributed by atoms with Crippen molar-refractivity contribution in [2.24, 2.45) is 0 Å². The Morgan fingerprint density at radius 1 is 1.35 bits per heavy atom. The van der Waals surface area contributed by atoms with E-state index in [-0.39, 0.29) is 5.78 Å². The number of rotatable bonds is 3. The fourth-order valence-corrected chi connectivity index (χ4v) is 1.50. The highest BCUT2D eigenvalue weighted by Crippen LogP contribution is 2.10. The second-order valence-corrected chi connectivity index (χ2v) is 5.16.